The van der Waals surface area contributed by atoms with Crippen molar-refractivity contribution in [2.45, 2.75) is 12.8 Å². The smallest absolute Gasteiger partial charge is 0.335 e. The molecule has 0 radical (unpaired) electrons. The van der Waals surface area contributed by atoms with Gasteiger partial charge >= 0.3 is 5.97 Å². The van der Waals surface area contributed by atoms with Crippen molar-refractivity contribution >= 4 is 28.6 Å². The van der Waals surface area contributed by atoms with Crippen LogP contribution >= 0.6 is 0 Å². The van der Waals surface area contributed by atoms with Crippen molar-refractivity contribution in [1.82, 2.24) is 0 Å². The molecule has 0 bridgehead atoms. The van der Waals surface area contributed by atoms with Crippen LogP contribution in [0.5, 0.6) is 0 Å². The molecule has 4 rings (SSSR count). The number of halogens is 1. The van der Waals surface area contributed by atoms with Crippen LogP contribution in [0.2, 0.25) is 0 Å². The summed E-state index contributed by atoms with van der Waals surface area (Å²) >= 11 is 0. The first-order valence-corrected chi connectivity index (χ1v) is 7.83. The number of carboxylic acids is 1. The third kappa shape index (κ3) is 2.54. The van der Waals surface area contributed by atoms with E-state index in [4.69, 9.17) is 9.52 Å². The molecule has 0 spiro atoms. The minimum atomic E-state index is -1.10. The molecule has 1 aromatic heterocycles. The maximum Gasteiger partial charge on any atom is 0.335 e. The molecule has 2 aromatic carbocycles. The van der Waals surface area contributed by atoms with Crippen LogP contribution in [0, 0.1) is 5.82 Å². The number of allylic oxidation sites excluding steroid dienone is 1. The van der Waals surface area contributed by atoms with Gasteiger partial charge in [-0.05, 0) is 48.8 Å². The minimum Gasteiger partial charge on any atom is -0.478 e. The monoisotopic (exact) mass is 336 g/mol. The Morgan fingerprint density at radius 3 is 2.72 bits per heavy atom. The van der Waals surface area contributed by atoms with Crippen LogP contribution in [0.4, 0.5) is 4.39 Å². The van der Waals surface area contributed by atoms with E-state index in [2.05, 4.69) is 0 Å². The van der Waals surface area contributed by atoms with Crippen molar-refractivity contribution < 1.29 is 18.7 Å². The summed E-state index contributed by atoms with van der Waals surface area (Å²) in [5.41, 5.74) is 1.86. The summed E-state index contributed by atoms with van der Waals surface area (Å²) in [6, 6.07) is 10.6. The van der Waals surface area contributed by atoms with Gasteiger partial charge in [0.25, 0.3) is 0 Å². The molecular weight excluding hydrogens is 323 g/mol. The highest BCUT2D eigenvalue weighted by Crippen LogP contribution is 2.34. The van der Waals surface area contributed by atoms with E-state index in [1.54, 1.807) is 24.3 Å². The van der Waals surface area contributed by atoms with Crippen molar-refractivity contribution in [3.8, 4) is 0 Å². The lowest BCUT2D eigenvalue weighted by molar-refractivity contribution is 0.0697. The van der Waals surface area contributed by atoms with Gasteiger partial charge in [0.2, 0.25) is 0 Å². The Kier molecular flexibility index (Phi) is 3.50. The average Bonchev–Trinajstić information content (AvgIpc) is 3.00. The number of carboxylic acid groups (broad SMARTS) is 1. The zero-order valence-corrected chi connectivity index (χ0v) is 13.1. The molecule has 0 fully saturated rings. The van der Waals surface area contributed by atoms with Crippen molar-refractivity contribution in [2.75, 3.05) is 0 Å². The van der Waals surface area contributed by atoms with Crippen LogP contribution in [-0.4, -0.2) is 11.1 Å². The van der Waals surface area contributed by atoms with Gasteiger partial charge in [-0.15, -0.1) is 0 Å². The second-order valence-electron chi connectivity index (χ2n) is 5.95. The molecule has 0 amide bonds. The highest BCUT2D eigenvalue weighted by Gasteiger charge is 2.24. The van der Waals surface area contributed by atoms with Crippen molar-refractivity contribution in [3.05, 3.63) is 81.0 Å². The summed E-state index contributed by atoms with van der Waals surface area (Å²) in [4.78, 5) is 23.8. The normalized spacial score (nSPS) is 14.8. The number of hydrogen-bond acceptors (Lipinski definition) is 3. The SMILES string of the molecule is O=C(O)c1ccc2oc3c(c(=O)c2c1)CC/C3=C\c1ccccc1F. The molecule has 4 nitrogen and oxygen atoms in total. The number of hydrogen-bond donors (Lipinski definition) is 1. The lowest BCUT2D eigenvalue weighted by Gasteiger charge is -2.05. The Bertz CT molecular complexity index is 1110. The molecule has 0 unspecified atom stereocenters. The lowest BCUT2D eigenvalue weighted by Crippen LogP contribution is -2.09. The van der Waals surface area contributed by atoms with E-state index in [-0.39, 0.29) is 22.2 Å². The molecule has 5 heteroatoms. The molecule has 1 aliphatic rings. The highest BCUT2D eigenvalue weighted by molar-refractivity contribution is 5.94. The van der Waals surface area contributed by atoms with Crippen LogP contribution in [0.3, 0.4) is 0 Å². The van der Waals surface area contributed by atoms with Gasteiger partial charge in [0.15, 0.2) is 5.43 Å². The van der Waals surface area contributed by atoms with E-state index >= 15 is 0 Å². The first kappa shape index (κ1) is 15.3. The fraction of sp³-hybridized carbons (Fsp3) is 0.100. The fourth-order valence-electron chi connectivity index (χ4n) is 3.14. The molecule has 3 aromatic rings. The first-order valence-electron chi connectivity index (χ1n) is 7.83. The van der Waals surface area contributed by atoms with Crippen molar-refractivity contribution in [2.24, 2.45) is 0 Å². The second-order valence-corrected chi connectivity index (χ2v) is 5.95. The molecule has 0 saturated carbocycles. The van der Waals surface area contributed by atoms with Crippen molar-refractivity contribution in [1.29, 1.82) is 0 Å². The first-order chi connectivity index (χ1) is 12.0. The molecule has 0 saturated heterocycles. The number of carbonyl (C=O) groups is 1. The number of rotatable bonds is 2. The molecule has 124 valence electrons. The Balaban J connectivity index is 1.90. The zero-order valence-electron chi connectivity index (χ0n) is 13.1. The maximum atomic E-state index is 13.9. The van der Waals surface area contributed by atoms with Crippen molar-refractivity contribution in [3.63, 3.8) is 0 Å². The van der Waals surface area contributed by atoms with E-state index < -0.39 is 5.97 Å². The number of aromatic carboxylic acids is 1. The highest BCUT2D eigenvalue weighted by atomic mass is 19.1. The summed E-state index contributed by atoms with van der Waals surface area (Å²) < 4.78 is 19.7. The Hall–Kier alpha value is -3.21. The summed E-state index contributed by atoms with van der Waals surface area (Å²) in [6.07, 6.45) is 2.76. The average molecular weight is 336 g/mol. The molecule has 0 aliphatic heterocycles. The summed E-state index contributed by atoms with van der Waals surface area (Å²) in [5.74, 6) is -0.969. The molecule has 1 aliphatic carbocycles. The topological polar surface area (TPSA) is 67.5 Å². The van der Waals surface area contributed by atoms with Gasteiger partial charge in [0, 0.05) is 11.1 Å². The fourth-order valence-corrected chi connectivity index (χ4v) is 3.14. The quantitative estimate of drug-likeness (QED) is 0.764. The van der Waals surface area contributed by atoms with Gasteiger partial charge in [-0.25, -0.2) is 9.18 Å². The molecule has 1 heterocycles. The summed E-state index contributed by atoms with van der Waals surface area (Å²) in [7, 11) is 0. The van der Waals surface area contributed by atoms with Gasteiger partial charge in [-0.3, -0.25) is 4.79 Å². The van der Waals surface area contributed by atoms with Crippen LogP contribution in [0.1, 0.15) is 33.7 Å². The Morgan fingerprint density at radius 1 is 1.16 bits per heavy atom. The minimum absolute atomic E-state index is 0.0415. The van der Waals surface area contributed by atoms with Gasteiger partial charge in [-0.2, -0.15) is 0 Å². The summed E-state index contributed by atoms with van der Waals surface area (Å²) in [6.45, 7) is 0. The van der Waals surface area contributed by atoms with Gasteiger partial charge in [0.05, 0.1) is 10.9 Å². The molecule has 0 atom stereocenters. The summed E-state index contributed by atoms with van der Waals surface area (Å²) in [5, 5.41) is 9.34. The van der Waals surface area contributed by atoms with E-state index in [0.29, 0.717) is 35.3 Å². The number of benzene rings is 2. The predicted octanol–water partition coefficient (Wildman–Crippen LogP) is 4.12. The molecule has 25 heavy (non-hydrogen) atoms. The molecular formula is C20H13FO4. The van der Waals surface area contributed by atoms with Gasteiger partial charge < -0.3 is 9.52 Å². The number of fused-ring (bicyclic) bond motifs is 2. The van der Waals surface area contributed by atoms with Gasteiger partial charge in [-0.1, -0.05) is 18.2 Å². The lowest BCUT2D eigenvalue weighted by atomic mass is 10.1. The zero-order chi connectivity index (χ0) is 17.6. The second kappa shape index (κ2) is 5.70. The maximum absolute atomic E-state index is 13.9. The Morgan fingerprint density at radius 2 is 1.96 bits per heavy atom. The van der Waals surface area contributed by atoms with Crippen LogP contribution in [0.25, 0.3) is 22.6 Å². The third-order valence-corrected chi connectivity index (χ3v) is 4.40. The Labute approximate surface area is 141 Å². The largest absolute Gasteiger partial charge is 0.478 e. The molecule has 1 N–H and O–H groups in total. The van der Waals surface area contributed by atoms with Crippen LogP contribution in [0.15, 0.2) is 51.7 Å². The van der Waals surface area contributed by atoms with Crippen LogP contribution < -0.4 is 5.43 Å². The van der Waals surface area contributed by atoms with E-state index in [1.165, 1.54) is 24.3 Å². The van der Waals surface area contributed by atoms with Gasteiger partial charge in [0.1, 0.15) is 17.2 Å². The van der Waals surface area contributed by atoms with E-state index in [0.717, 1.165) is 5.57 Å². The van der Waals surface area contributed by atoms with E-state index in [1.807, 2.05) is 0 Å². The third-order valence-electron chi connectivity index (χ3n) is 4.40. The van der Waals surface area contributed by atoms with E-state index in [9.17, 15) is 14.0 Å². The predicted molar refractivity (Wildman–Crippen MR) is 92.0 cm³/mol. The standard InChI is InChI=1S/C20H13FO4/c21-16-4-2-1-3-11(16)9-12-5-7-14-18(22)15-10-13(20(23)24)6-8-17(15)25-19(12)14/h1-4,6,8-10H,5,7H2,(H,23,24)/b12-9+. The van der Waals surface area contributed by atoms with Crippen LogP contribution in [-0.2, 0) is 6.42 Å².